The number of rotatable bonds is 8. The number of fused-ring (bicyclic) bond motifs is 4. The molecule has 1 aliphatic rings. The quantitative estimate of drug-likeness (QED) is 0.212. The maximum absolute atomic E-state index is 14.5. The molecular formula is C37H47N7O4S. The number of aromatic nitrogens is 4. The first kappa shape index (κ1) is 35.7. The molecule has 0 saturated carbocycles. The van der Waals surface area contributed by atoms with Crippen LogP contribution in [0.3, 0.4) is 0 Å². The van der Waals surface area contributed by atoms with Crippen LogP contribution in [0.15, 0.2) is 65.8 Å². The van der Waals surface area contributed by atoms with Gasteiger partial charge in [0, 0.05) is 29.8 Å². The molecule has 0 unspecified atom stereocenters. The Bertz CT molecular complexity index is 1900. The van der Waals surface area contributed by atoms with Gasteiger partial charge in [0.1, 0.15) is 12.4 Å². The number of aryl methyl sites for hydroxylation is 2. The lowest BCUT2D eigenvalue weighted by molar-refractivity contribution is 0.0549. The maximum Gasteiger partial charge on any atom is 0.264 e. The van der Waals surface area contributed by atoms with Gasteiger partial charge in [-0.25, -0.2) is 23.1 Å². The van der Waals surface area contributed by atoms with Crippen LogP contribution in [-0.4, -0.2) is 64.4 Å². The second-order valence-electron chi connectivity index (χ2n) is 14.1. The fraction of sp³-hybridized carbons (Fsp3) is 0.432. The van der Waals surface area contributed by atoms with Gasteiger partial charge in [-0.15, -0.1) is 0 Å². The van der Waals surface area contributed by atoms with Crippen molar-refractivity contribution in [1.29, 1.82) is 0 Å². The summed E-state index contributed by atoms with van der Waals surface area (Å²) in [5.74, 6) is 0.465. The molecule has 0 saturated heterocycles. The van der Waals surface area contributed by atoms with Gasteiger partial charge >= 0.3 is 0 Å². The number of amides is 1. The Morgan fingerprint density at radius 1 is 1.02 bits per heavy atom. The predicted octanol–water partition coefficient (Wildman–Crippen LogP) is 6.82. The summed E-state index contributed by atoms with van der Waals surface area (Å²) >= 11 is 0. The van der Waals surface area contributed by atoms with Crippen molar-refractivity contribution >= 4 is 27.7 Å². The number of benzene rings is 2. The van der Waals surface area contributed by atoms with Gasteiger partial charge in [0.15, 0.2) is 0 Å². The lowest BCUT2D eigenvalue weighted by Crippen LogP contribution is -2.44. The van der Waals surface area contributed by atoms with E-state index in [0.717, 1.165) is 35.5 Å². The molecule has 4 bridgehead atoms. The van der Waals surface area contributed by atoms with Crippen LogP contribution < -0.4 is 14.4 Å². The molecule has 1 atom stereocenters. The minimum absolute atomic E-state index is 0.0238. The topological polar surface area (TPSA) is 131 Å². The standard InChI is InChI=1S/C37H47N7O4S/c1-9-43(24(2)3)32-21-38-20-28(39-32)22-44-29(16-17-37(6,7)8)23-48-33-19-31(34-25(4)12-10-13-26(34)5)40-36(41-33)42-49(46,47)30-15-11-14-27(18-30)35(44)45/h10-15,18-21,24,29H,9,16-17,22-23H2,1-8H3,(H,40,41,42)/t29-/m1/s1. The van der Waals surface area contributed by atoms with Crippen molar-refractivity contribution in [3.05, 3.63) is 83.3 Å². The van der Waals surface area contributed by atoms with Crippen molar-refractivity contribution in [2.24, 2.45) is 5.41 Å². The SMILES string of the molecule is CCN(c1cncc(CN2C(=O)c3cccc(c3)S(=O)(=O)Nc3nc(cc(-c4c(C)cccc4C)n3)OC[C@H]2CCC(C)(C)C)n1)C(C)C. The molecule has 1 N–H and O–H groups in total. The number of anilines is 2. The number of hydrogen-bond acceptors (Lipinski definition) is 9. The molecule has 0 spiro atoms. The second-order valence-corrected chi connectivity index (χ2v) is 15.7. The molecule has 2 aromatic carbocycles. The number of hydrogen-bond donors (Lipinski definition) is 1. The third-order valence-electron chi connectivity index (χ3n) is 8.67. The highest BCUT2D eigenvalue weighted by molar-refractivity contribution is 7.92. The fourth-order valence-electron chi connectivity index (χ4n) is 6.09. The van der Waals surface area contributed by atoms with Crippen LogP contribution in [0, 0.1) is 19.3 Å². The second kappa shape index (κ2) is 14.5. The molecule has 0 fully saturated rings. The normalized spacial score (nSPS) is 16.2. The number of sulfonamides is 1. The van der Waals surface area contributed by atoms with E-state index in [1.807, 2.05) is 32.0 Å². The van der Waals surface area contributed by atoms with Crippen molar-refractivity contribution in [1.82, 2.24) is 24.8 Å². The lowest BCUT2D eigenvalue weighted by atomic mass is 9.88. The summed E-state index contributed by atoms with van der Waals surface area (Å²) in [6.07, 6.45) is 4.82. The molecule has 0 radical (unpaired) electrons. The monoisotopic (exact) mass is 685 g/mol. The highest BCUT2D eigenvalue weighted by Crippen LogP contribution is 2.31. The average molecular weight is 686 g/mol. The van der Waals surface area contributed by atoms with Crippen LogP contribution in [0.5, 0.6) is 5.88 Å². The van der Waals surface area contributed by atoms with Crippen molar-refractivity contribution in [3.63, 3.8) is 0 Å². The summed E-state index contributed by atoms with van der Waals surface area (Å²) in [7, 11) is -4.18. The Morgan fingerprint density at radius 3 is 2.41 bits per heavy atom. The third-order valence-corrected chi connectivity index (χ3v) is 10.00. The number of nitrogens with zero attached hydrogens (tertiary/aromatic N) is 6. The largest absolute Gasteiger partial charge is 0.475 e. The first-order valence-corrected chi connectivity index (χ1v) is 18.2. The molecule has 2 aromatic heterocycles. The average Bonchev–Trinajstić information content (AvgIpc) is 3.03. The maximum atomic E-state index is 14.5. The van der Waals surface area contributed by atoms with Gasteiger partial charge in [0.2, 0.25) is 11.8 Å². The van der Waals surface area contributed by atoms with E-state index >= 15 is 0 Å². The van der Waals surface area contributed by atoms with E-state index in [2.05, 4.69) is 66.1 Å². The molecule has 12 heteroatoms. The van der Waals surface area contributed by atoms with Crippen molar-refractivity contribution in [2.75, 3.05) is 22.8 Å². The van der Waals surface area contributed by atoms with Gasteiger partial charge in [-0.05, 0) is 82.2 Å². The third kappa shape index (κ3) is 8.54. The number of ether oxygens (including phenoxy) is 1. The molecule has 3 heterocycles. The van der Waals surface area contributed by atoms with Crippen LogP contribution in [-0.2, 0) is 16.6 Å². The molecule has 4 aromatic rings. The van der Waals surface area contributed by atoms with E-state index in [0.29, 0.717) is 17.8 Å². The van der Waals surface area contributed by atoms with E-state index < -0.39 is 16.1 Å². The fourth-order valence-corrected chi connectivity index (χ4v) is 7.07. The summed E-state index contributed by atoms with van der Waals surface area (Å²) in [5.41, 5.74) is 4.17. The first-order chi connectivity index (χ1) is 23.1. The molecular weight excluding hydrogens is 639 g/mol. The van der Waals surface area contributed by atoms with Gasteiger partial charge in [0.25, 0.3) is 15.9 Å². The number of carbonyl (C=O) groups is 1. The van der Waals surface area contributed by atoms with Gasteiger partial charge in [-0.1, -0.05) is 45.0 Å². The zero-order valence-electron chi connectivity index (χ0n) is 29.7. The molecule has 5 rings (SSSR count). The Balaban J connectivity index is 1.65. The Kier molecular flexibility index (Phi) is 10.6. The molecule has 260 valence electrons. The molecule has 11 nitrogen and oxygen atoms in total. The van der Waals surface area contributed by atoms with Crippen molar-refractivity contribution < 1.29 is 17.9 Å². The molecule has 49 heavy (non-hydrogen) atoms. The zero-order valence-corrected chi connectivity index (χ0v) is 30.5. The van der Waals surface area contributed by atoms with Crippen LogP contribution in [0.1, 0.15) is 81.6 Å². The highest BCUT2D eigenvalue weighted by Gasteiger charge is 2.30. The van der Waals surface area contributed by atoms with E-state index in [4.69, 9.17) is 9.72 Å². The summed E-state index contributed by atoms with van der Waals surface area (Å²) in [4.78, 5) is 36.8. The van der Waals surface area contributed by atoms with Crippen LogP contribution >= 0.6 is 0 Å². The molecule has 1 aliphatic heterocycles. The minimum atomic E-state index is -4.18. The smallest absolute Gasteiger partial charge is 0.264 e. The Labute approximate surface area is 290 Å². The first-order valence-electron chi connectivity index (χ1n) is 16.7. The summed E-state index contributed by atoms with van der Waals surface area (Å²) in [5, 5.41) is 0. The summed E-state index contributed by atoms with van der Waals surface area (Å²) in [6, 6.07) is 13.5. The van der Waals surface area contributed by atoms with Gasteiger partial charge in [0.05, 0.1) is 41.3 Å². The number of carbonyl (C=O) groups excluding carboxylic acids is 1. The number of nitrogens with one attached hydrogen (secondary N) is 1. The van der Waals surface area contributed by atoms with Crippen molar-refractivity contribution in [3.8, 4) is 17.1 Å². The Morgan fingerprint density at radius 2 is 1.73 bits per heavy atom. The van der Waals surface area contributed by atoms with E-state index in [1.165, 1.54) is 12.1 Å². The minimum Gasteiger partial charge on any atom is -0.475 e. The van der Waals surface area contributed by atoms with Gasteiger partial charge in [-0.2, -0.15) is 4.98 Å². The van der Waals surface area contributed by atoms with Crippen molar-refractivity contribution in [2.45, 2.75) is 91.8 Å². The lowest BCUT2D eigenvalue weighted by Gasteiger charge is -2.34. The van der Waals surface area contributed by atoms with Crippen LogP contribution in [0.25, 0.3) is 11.3 Å². The predicted molar refractivity (Wildman–Crippen MR) is 192 cm³/mol. The van der Waals surface area contributed by atoms with E-state index in [1.54, 1.807) is 35.5 Å². The summed E-state index contributed by atoms with van der Waals surface area (Å²) < 4.78 is 36.4. The summed E-state index contributed by atoms with van der Waals surface area (Å²) in [6.45, 7) is 17.7. The van der Waals surface area contributed by atoms with E-state index in [-0.39, 0.29) is 52.8 Å². The van der Waals surface area contributed by atoms with Crippen LogP contribution in [0.4, 0.5) is 11.8 Å². The molecule has 0 aliphatic carbocycles. The Hall–Kier alpha value is -4.58. The van der Waals surface area contributed by atoms with Crippen LogP contribution in [0.2, 0.25) is 0 Å². The zero-order chi connectivity index (χ0) is 35.5. The van der Waals surface area contributed by atoms with Gasteiger partial charge in [-0.3, -0.25) is 9.78 Å². The van der Waals surface area contributed by atoms with E-state index in [9.17, 15) is 13.2 Å². The molecule has 1 amide bonds. The van der Waals surface area contributed by atoms with Gasteiger partial charge < -0.3 is 14.5 Å². The highest BCUT2D eigenvalue weighted by atomic mass is 32.2.